The Balaban J connectivity index is 1.33. The zero-order valence-corrected chi connectivity index (χ0v) is 15.9. The summed E-state index contributed by atoms with van der Waals surface area (Å²) < 4.78 is 32.6. The van der Waals surface area contributed by atoms with E-state index in [9.17, 15) is 8.78 Å². The van der Waals surface area contributed by atoms with Crippen molar-refractivity contribution in [3.63, 3.8) is 0 Å². The topological polar surface area (TPSA) is 32.5 Å². The fourth-order valence-electron chi connectivity index (χ4n) is 3.47. The molecule has 1 saturated heterocycles. The summed E-state index contributed by atoms with van der Waals surface area (Å²) in [6.45, 7) is 6.23. The van der Waals surface area contributed by atoms with Gasteiger partial charge in [0, 0.05) is 55.8 Å². The highest BCUT2D eigenvalue weighted by molar-refractivity contribution is 7.13. The first kappa shape index (κ1) is 18.3. The van der Waals surface area contributed by atoms with Crippen LogP contribution in [0.3, 0.4) is 0 Å². The van der Waals surface area contributed by atoms with Gasteiger partial charge in [-0.1, -0.05) is 6.07 Å². The Morgan fingerprint density at radius 3 is 2.70 bits per heavy atom. The predicted octanol–water partition coefficient (Wildman–Crippen LogP) is 4.56. The summed E-state index contributed by atoms with van der Waals surface area (Å²) in [6.07, 6.45) is 1.65. The molecule has 0 bridgehead atoms. The van der Waals surface area contributed by atoms with Crippen LogP contribution in [-0.4, -0.2) is 41.0 Å². The van der Waals surface area contributed by atoms with Crippen LogP contribution in [-0.2, 0) is 6.54 Å². The lowest BCUT2D eigenvalue weighted by atomic mass is 10.1. The van der Waals surface area contributed by atoms with Crippen molar-refractivity contribution in [2.75, 3.05) is 26.2 Å². The molecule has 0 N–H and O–H groups in total. The number of piperazine rings is 1. The molecule has 7 heteroatoms. The van der Waals surface area contributed by atoms with Crippen molar-refractivity contribution in [3.05, 3.63) is 64.9 Å². The summed E-state index contributed by atoms with van der Waals surface area (Å²) in [5.74, 6) is -0.213. The number of benzene rings is 1. The highest BCUT2D eigenvalue weighted by Gasteiger charge is 2.24. The lowest BCUT2D eigenvalue weighted by Crippen LogP contribution is -2.46. The second-order valence-corrected chi connectivity index (χ2v) is 7.63. The van der Waals surface area contributed by atoms with Gasteiger partial charge in [0.15, 0.2) is 10.8 Å². The van der Waals surface area contributed by atoms with Crippen LogP contribution in [0.1, 0.15) is 24.2 Å². The van der Waals surface area contributed by atoms with E-state index in [1.54, 1.807) is 23.7 Å². The van der Waals surface area contributed by atoms with E-state index in [1.807, 2.05) is 19.1 Å². The summed E-state index contributed by atoms with van der Waals surface area (Å²) >= 11 is 1.59. The molecule has 1 aromatic carbocycles. The number of hydrogen-bond donors (Lipinski definition) is 0. The normalized spacial score (nSPS) is 17.3. The first-order chi connectivity index (χ1) is 13.1. The molecular formula is C20H21F2N3OS. The molecule has 3 aromatic rings. The molecule has 1 aliphatic rings. The molecule has 4 rings (SSSR count). The van der Waals surface area contributed by atoms with Crippen molar-refractivity contribution in [2.45, 2.75) is 19.5 Å². The van der Waals surface area contributed by atoms with Gasteiger partial charge in [-0.2, -0.15) is 0 Å². The second kappa shape index (κ2) is 7.88. The fourth-order valence-corrected chi connectivity index (χ4v) is 4.25. The minimum Gasteiger partial charge on any atom is -0.462 e. The van der Waals surface area contributed by atoms with Crippen LogP contribution in [0, 0.1) is 11.6 Å². The third-order valence-electron chi connectivity index (χ3n) is 5.04. The molecular weight excluding hydrogens is 368 g/mol. The third kappa shape index (κ3) is 4.10. The summed E-state index contributed by atoms with van der Waals surface area (Å²) in [7, 11) is 0. The Morgan fingerprint density at radius 2 is 2.00 bits per heavy atom. The summed E-state index contributed by atoms with van der Waals surface area (Å²) in [5, 5.41) is 2.97. The molecule has 4 nitrogen and oxygen atoms in total. The van der Waals surface area contributed by atoms with Crippen molar-refractivity contribution in [3.8, 4) is 10.8 Å². The zero-order chi connectivity index (χ0) is 18.8. The predicted molar refractivity (Wildman–Crippen MR) is 101 cm³/mol. The van der Waals surface area contributed by atoms with E-state index in [2.05, 4.69) is 20.2 Å². The lowest BCUT2D eigenvalue weighted by Gasteiger charge is -2.38. The van der Waals surface area contributed by atoms with Crippen molar-refractivity contribution in [1.82, 2.24) is 14.8 Å². The third-order valence-corrected chi connectivity index (χ3v) is 5.94. The Labute approximate surface area is 161 Å². The minimum absolute atomic E-state index is 0.0717. The van der Waals surface area contributed by atoms with Gasteiger partial charge >= 0.3 is 0 Å². The van der Waals surface area contributed by atoms with Crippen molar-refractivity contribution < 1.29 is 13.2 Å². The molecule has 1 fully saturated rings. The molecule has 1 aliphatic heterocycles. The SMILES string of the molecule is CC(c1ccc(F)cc1F)N1CCN(Cc2csc(-c3ccco3)n2)CC1. The Morgan fingerprint density at radius 1 is 1.19 bits per heavy atom. The summed E-state index contributed by atoms with van der Waals surface area (Å²) in [5.41, 5.74) is 1.59. The molecule has 1 unspecified atom stereocenters. The van der Waals surface area contributed by atoms with Crippen LogP contribution in [0.25, 0.3) is 10.8 Å². The lowest BCUT2D eigenvalue weighted by molar-refractivity contribution is 0.0958. The number of hydrogen-bond acceptors (Lipinski definition) is 5. The number of rotatable bonds is 5. The number of furan rings is 1. The average molecular weight is 389 g/mol. The van der Waals surface area contributed by atoms with Crippen LogP contribution in [0.15, 0.2) is 46.4 Å². The van der Waals surface area contributed by atoms with Crippen LogP contribution in [0.4, 0.5) is 8.78 Å². The second-order valence-electron chi connectivity index (χ2n) is 6.78. The van der Waals surface area contributed by atoms with Crippen LogP contribution in [0.2, 0.25) is 0 Å². The first-order valence-corrected chi connectivity index (χ1v) is 9.88. The van der Waals surface area contributed by atoms with Crippen LogP contribution < -0.4 is 0 Å². The van der Waals surface area contributed by atoms with E-state index >= 15 is 0 Å². The van der Waals surface area contributed by atoms with Gasteiger partial charge in [-0.05, 0) is 25.1 Å². The Kier molecular flexibility index (Phi) is 5.33. The molecule has 2 aromatic heterocycles. The van der Waals surface area contributed by atoms with Crippen LogP contribution >= 0.6 is 11.3 Å². The average Bonchev–Trinajstić information content (AvgIpc) is 3.33. The van der Waals surface area contributed by atoms with E-state index in [1.165, 1.54) is 6.07 Å². The number of aromatic nitrogens is 1. The maximum absolute atomic E-state index is 14.0. The van der Waals surface area contributed by atoms with Gasteiger partial charge < -0.3 is 4.42 Å². The summed E-state index contributed by atoms with van der Waals surface area (Å²) in [6, 6.07) is 7.54. The molecule has 0 radical (unpaired) electrons. The number of halogens is 2. The highest BCUT2D eigenvalue weighted by atomic mass is 32.1. The first-order valence-electron chi connectivity index (χ1n) is 9.00. The van der Waals surface area contributed by atoms with E-state index in [4.69, 9.17) is 4.42 Å². The molecule has 0 aliphatic carbocycles. The van der Waals surface area contributed by atoms with Crippen LogP contribution in [0.5, 0.6) is 0 Å². The molecule has 3 heterocycles. The Bertz CT molecular complexity index is 889. The van der Waals surface area contributed by atoms with Gasteiger partial charge in [0.05, 0.1) is 12.0 Å². The van der Waals surface area contributed by atoms with Gasteiger partial charge in [0.25, 0.3) is 0 Å². The molecule has 0 amide bonds. The monoisotopic (exact) mass is 389 g/mol. The summed E-state index contributed by atoms with van der Waals surface area (Å²) in [4.78, 5) is 9.24. The van der Waals surface area contributed by atoms with Crippen molar-refractivity contribution in [1.29, 1.82) is 0 Å². The van der Waals surface area contributed by atoms with Crippen molar-refractivity contribution >= 4 is 11.3 Å². The van der Waals surface area contributed by atoms with Crippen molar-refractivity contribution in [2.24, 2.45) is 0 Å². The maximum atomic E-state index is 14.0. The van der Waals surface area contributed by atoms with E-state index in [-0.39, 0.29) is 6.04 Å². The molecule has 0 spiro atoms. The molecule has 142 valence electrons. The van der Waals surface area contributed by atoms with Gasteiger partial charge in [0.1, 0.15) is 11.6 Å². The Hall–Kier alpha value is -2.09. The molecule has 0 saturated carbocycles. The zero-order valence-electron chi connectivity index (χ0n) is 15.1. The van der Waals surface area contributed by atoms with Gasteiger partial charge in [-0.15, -0.1) is 11.3 Å². The largest absolute Gasteiger partial charge is 0.462 e. The molecule has 27 heavy (non-hydrogen) atoms. The number of nitrogens with zero attached hydrogens (tertiary/aromatic N) is 3. The minimum atomic E-state index is -0.537. The van der Waals surface area contributed by atoms with E-state index < -0.39 is 11.6 Å². The molecule has 1 atom stereocenters. The maximum Gasteiger partial charge on any atom is 0.162 e. The fraction of sp³-hybridized carbons (Fsp3) is 0.350. The number of thiazole rings is 1. The van der Waals surface area contributed by atoms with Gasteiger partial charge in [-0.3, -0.25) is 9.80 Å². The van der Waals surface area contributed by atoms with E-state index in [0.717, 1.165) is 55.3 Å². The van der Waals surface area contributed by atoms with Gasteiger partial charge in [0.2, 0.25) is 0 Å². The quantitative estimate of drug-likeness (QED) is 0.640. The van der Waals surface area contributed by atoms with E-state index in [0.29, 0.717) is 5.56 Å². The van der Waals surface area contributed by atoms with Gasteiger partial charge in [-0.25, -0.2) is 13.8 Å². The highest BCUT2D eigenvalue weighted by Crippen LogP contribution is 2.27. The standard InChI is InChI=1S/C20H21F2N3OS/c1-14(17-5-4-15(21)11-18(17)22)25-8-6-24(7-9-25)12-16-13-27-20(23-16)19-3-2-10-26-19/h2-5,10-11,13-14H,6-9,12H2,1H3. The smallest absolute Gasteiger partial charge is 0.162 e.